The normalized spacial score (nSPS) is 21.8. The third-order valence-electron chi connectivity index (χ3n) is 4.87. The average molecular weight is 280 g/mol. The lowest BCUT2D eigenvalue weighted by molar-refractivity contribution is -0.152. The van der Waals surface area contributed by atoms with Crippen molar-refractivity contribution in [3.63, 3.8) is 0 Å². The maximum atomic E-state index is 12.7. The van der Waals surface area contributed by atoms with Gasteiger partial charge in [0.05, 0.1) is 0 Å². The van der Waals surface area contributed by atoms with E-state index < -0.39 is 0 Å². The Hall–Kier alpha value is -1.06. The Kier molecular flexibility index (Phi) is 4.71. The molecule has 0 atom stereocenters. The van der Waals surface area contributed by atoms with Crippen molar-refractivity contribution in [2.75, 3.05) is 26.2 Å². The summed E-state index contributed by atoms with van der Waals surface area (Å²) in [5, 5.41) is 0. The van der Waals surface area contributed by atoms with Crippen LogP contribution in [-0.2, 0) is 9.59 Å². The molecule has 0 aromatic carbocycles. The van der Waals surface area contributed by atoms with Crippen molar-refractivity contribution >= 4 is 11.8 Å². The first-order valence-electron chi connectivity index (χ1n) is 8.08. The van der Waals surface area contributed by atoms with Gasteiger partial charge in [-0.15, -0.1) is 0 Å². The molecule has 2 fully saturated rings. The van der Waals surface area contributed by atoms with Crippen molar-refractivity contribution in [3.05, 3.63) is 0 Å². The SMILES string of the molecule is CCCC1(C(=O)N2CCN(C(=O)C(C)C)CC2)CCC1. The topological polar surface area (TPSA) is 40.6 Å². The molecule has 0 spiro atoms. The number of nitrogens with zero attached hydrogens (tertiary/aromatic N) is 2. The summed E-state index contributed by atoms with van der Waals surface area (Å²) in [6.45, 7) is 8.85. The fraction of sp³-hybridized carbons (Fsp3) is 0.875. The first-order valence-corrected chi connectivity index (χ1v) is 8.08. The fourth-order valence-corrected chi connectivity index (χ4v) is 3.48. The van der Waals surface area contributed by atoms with Crippen molar-refractivity contribution in [1.29, 1.82) is 0 Å². The van der Waals surface area contributed by atoms with Gasteiger partial charge in [-0.2, -0.15) is 0 Å². The Morgan fingerprint density at radius 3 is 2.00 bits per heavy atom. The Labute approximate surface area is 122 Å². The molecular formula is C16H28N2O2. The molecule has 0 aromatic rings. The van der Waals surface area contributed by atoms with E-state index in [0.29, 0.717) is 32.1 Å². The van der Waals surface area contributed by atoms with Crippen molar-refractivity contribution in [1.82, 2.24) is 9.80 Å². The van der Waals surface area contributed by atoms with E-state index in [9.17, 15) is 9.59 Å². The summed E-state index contributed by atoms with van der Waals surface area (Å²) in [5.41, 5.74) is -0.0566. The molecule has 2 aliphatic rings. The monoisotopic (exact) mass is 280 g/mol. The van der Waals surface area contributed by atoms with E-state index in [2.05, 4.69) is 6.92 Å². The van der Waals surface area contributed by atoms with Crippen LogP contribution in [0.1, 0.15) is 52.9 Å². The molecule has 1 heterocycles. The van der Waals surface area contributed by atoms with E-state index in [1.165, 1.54) is 6.42 Å². The molecule has 1 saturated carbocycles. The van der Waals surface area contributed by atoms with Crippen LogP contribution in [0, 0.1) is 11.3 Å². The number of amides is 2. The first kappa shape index (κ1) is 15.3. The van der Waals surface area contributed by atoms with E-state index in [-0.39, 0.29) is 17.2 Å². The summed E-state index contributed by atoms with van der Waals surface area (Å²) in [6.07, 6.45) is 5.42. The maximum absolute atomic E-state index is 12.7. The summed E-state index contributed by atoms with van der Waals surface area (Å²) in [6, 6.07) is 0. The largest absolute Gasteiger partial charge is 0.339 e. The summed E-state index contributed by atoms with van der Waals surface area (Å²) < 4.78 is 0. The average Bonchev–Trinajstić information content (AvgIpc) is 2.41. The van der Waals surface area contributed by atoms with Crippen LogP contribution in [0.4, 0.5) is 0 Å². The van der Waals surface area contributed by atoms with Gasteiger partial charge in [0.2, 0.25) is 11.8 Å². The van der Waals surface area contributed by atoms with E-state index in [1.54, 1.807) is 0 Å². The minimum Gasteiger partial charge on any atom is -0.339 e. The second-order valence-corrected chi connectivity index (χ2v) is 6.66. The van der Waals surface area contributed by atoms with Gasteiger partial charge in [0.15, 0.2) is 0 Å². The summed E-state index contributed by atoms with van der Waals surface area (Å²) in [5.74, 6) is 0.613. The second kappa shape index (κ2) is 6.15. The highest BCUT2D eigenvalue weighted by Crippen LogP contribution is 2.46. The lowest BCUT2D eigenvalue weighted by Crippen LogP contribution is -2.56. The van der Waals surface area contributed by atoms with Gasteiger partial charge in [-0.05, 0) is 19.3 Å². The third kappa shape index (κ3) is 2.84. The highest BCUT2D eigenvalue weighted by Gasteiger charge is 2.45. The highest BCUT2D eigenvalue weighted by atomic mass is 16.2. The zero-order chi connectivity index (χ0) is 14.8. The van der Waals surface area contributed by atoms with Crippen LogP contribution in [0.25, 0.3) is 0 Å². The van der Waals surface area contributed by atoms with Gasteiger partial charge in [-0.1, -0.05) is 33.6 Å². The molecule has 4 nitrogen and oxygen atoms in total. The molecule has 0 unspecified atom stereocenters. The van der Waals surface area contributed by atoms with Gasteiger partial charge in [0.25, 0.3) is 0 Å². The van der Waals surface area contributed by atoms with Gasteiger partial charge >= 0.3 is 0 Å². The Bertz CT molecular complexity index is 367. The van der Waals surface area contributed by atoms with Crippen molar-refractivity contribution in [3.8, 4) is 0 Å². The molecule has 2 amide bonds. The number of carbonyl (C=O) groups excluding carboxylic acids is 2. The molecule has 1 saturated heterocycles. The molecular weight excluding hydrogens is 252 g/mol. The van der Waals surface area contributed by atoms with Gasteiger partial charge < -0.3 is 9.80 Å². The minimum atomic E-state index is -0.0566. The Morgan fingerprint density at radius 2 is 1.60 bits per heavy atom. The van der Waals surface area contributed by atoms with Crippen LogP contribution in [0.5, 0.6) is 0 Å². The fourth-order valence-electron chi connectivity index (χ4n) is 3.48. The number of hydrogen-bond donors (Lipinski definition) is 0. The first-order chi connectivity index (χ1) is 9.50. The lowest BCUT2D eigenvalue weighted by Gasteiger charge is -2.46. The third-order valence-corrected chi connectivity index (χ3v) is 4.87. The van der Waals surface area contributed by atoms with Crippen LogP contribution >= 0.6 is 0 Å². The van der Waals surface area contributed by atoms with Crippen molar-refractivity contribution in [2.24, 2.45) is 11.3 Å². The Balaban J connectivity index is 1.90. The molecule has 0 aromatic heterocycles. The lowest BCUT2D eigenvalue weighted by atomic mass is 9.65. The molecule has 1 aliphatic heterocycles. The van der Waals surface area contributed by atoms with Gasteiger partial charge in [-0.3, -0.25) is 9.59 Å². The van der Waals surface area contributed by atoms with Gasteiger partial charge in [0.1, 0.15) is 0 Å². The van der Waals surface area contributed by atoms with Crippen LogP contribution in [0.15, 0.2) is 0 Å². The van der Waals surface area contributed by atoms with Crippen LogP contribution in [-0.4, -0.2) is 47.8 Å². The zero-order valence-electron chi connectivity index (χ0n) is 13.2. The number of carbonyl (C=O) groups is 2. The number of piperazine rings is 1. The minimum absolute atomic E-state index is 0.0512. The van der Waals surface area contributed by atoms with Gasteiger partial charge in [-0.25, -0.2) is 0 Å². The van der Waals surface area contributed by atoms with Crippen LogP contribution in [0.3, 0.4) is 0 Å². The van der Waals surface area contributed by atoms with E-state index in [1.807, 2.05) is 23.6 Å². The number of rotatable bonds is 4. The molecule has 2 rings (SSSR count). The Morgan fingerprint density at radius 1 is 1.05 bits per heavy atom. The molecule has 0 bridgehead atoms. The standard InChI is InChI=1S/C16H28N2O2/c1-4-6-16(7-5-8-16)15(20)18-11-9-17(10-12-18)14(19)13(2)3/h13H,4-12H2,1-3H3. The second-order valence-electron chi connectivity index (χ2n) is 6.66. The molecule has 4 heteroatoms. The highest BCUT2D eigenvalue weighted by molar-refractivity contribution is 5.84. The predicted molar refractivity (Wildman–Crippen MR) is 79.2 cm³/mol. The quantitative estimate of drug-likeness (QED) is 0.792. The molecule has 20 heavy (non-hydrogen) atoms. The molecule has 0 N–H and O–H groups in total. The summed E-state index contributed by atoms with van der Waals surface area (Å²) >= 11 is 0. The zero-order valence-corrected chi connectivity index (χ0v) is 13.2. The predicted octanol–water partition coefficient (Wildman–Crippen LogP) is 2.28. The van der Waals surface area contributed by atoms with Gasteiger partial charge in [0, 0.05) is 37.5 Å². The number of hydrogen-bond acceptors (Lipinski definition) is 2. The molecule has 1 aliphatic carbocycles. The van der Waals surface area contributed by atoms with E-state index in [0.717, 1.165) is 25.7 Å². The summed E-state index contributed by atoms with van der Waals surface area (Å²) in [7, 11) is 0. The molecule has 114 valence electrons. The van der Waals surface area contributed by atoms with E-state index >= 15 is 0 Å². The van der Waals surface area contributed by atoms with Crippen LogP contribution in [0.2, 0.25) is 0 Å². The smallest absolute Gasteiger partial charge is 0.228 e. The van der Waals surface area contributed by atoms with Crippen LogP contribution < -0.4 is 0 Å². The summed E-state index contributed by atoms with van der Waals surface area (Å²) in [4.78, 5) is 28.6. The van der Waals surface area contributed by atoms with E-state index in [4.69, 9.17) is 0 Å². The molecule has 0 radical (unpaired) electrons. The van der Waals surface area contributed by atoms with Crippen molar-refractivity contribution in [2.45, 2.75) is 52.9 Å². The van der Waals surface area contributed by atoms with Crippen molar-refractivity contribution < 1.29 is 9.59 Å². The maximum Gasteiger partial charge on any atom is 0.228 e.